The number of aliphatic hydroxyl groups excluding tert-OH is 1. The van der Waals surface area contributed by atoms with Crippen molar-refractivity contribution in [2.75, 3.05) is 13.2 Å². The molecule has 0 bridgehead atoms. The average molecular weight is 432 g/mol. The van der Waals surface area contributed by atoms with Gasteiger partial charge in [-0.2, -0.15) is 0 Å². The molecular formula is C20H18ClN3O4S. The summed E-state index contributed by atoms with van der Waals surface area (Å²) in [6.07, 6.45) is -0.410. The molecule has 29 heavy (non-hydrogen) atoms. The Morgan fingerprint density at radius 3 is 2.97 bits per heavy atom. The largest absolute Gasteiger partial charge is 0.442 e. The highest BCUT2D eigenvalue weighted by Gasteiger charge is 2.44. The highest BCUT2D eigenvalue weighted by Crippen LogP contribution is 2.38. The molecule has 2 amide bonds. The fourth-order valence-corrected chi connectivity index (χ4v) is 5.34. The van der Waals surface area contributed by atoms with Gasteiger partial charge in [0.15, 0.2) is 0 Å². The van der Waals surface area contributed by atoms with E-state index in [1.165, 1.54) is 11.3 Å². The predicted molar refractivity (Wildman–Crippen MR) is 109 cm³/mol. The number of carbonyl (C=O) groups is 2. The molecule has 3 heterocycles. The van der Waals surface area contributed by atoms with Crippen molar-refractivity contribution in [3.05, 3.63) is 57.6 Å². The molecule has 9 heteroatoms. The van der Waals surface area contributed by atoms with E-state index >= 15 is 0 Å². The zero-order valence-corrected chi connectivity index (χ0v) is 16.8. The van der Waals surface area contributed by atoms with Crippen LogP contribution in [0.5, 0.6) is 0 Å². The van der Waals surface area contributed by atoms with Crippen molar-refractivity contribution in [3.63, 3.8) is 0 Å². The fraction of sp³-hybridized carbons (Fsp3) is 0.300. The molecule has 1 aliphatic carbocycles. The average Bonchev–Trinajstić information content (AvgIpc) is 3.42. The number of hydrogen-bond donors (Lipinski definition) is 3. The van der Waals surface area contributed by atoms with Gasteiger partial charge in [0.25, 0.3) is 5.91 Å². The van der Waals surface area contributed by atoms with Gasteiger partial charge in [0.05, 0.1) is 29.6 Å². The molecule has 1 saturated heterocycles. The molecule has 1 aliphatic heterocycles. The third-order valence-corrected chi connectivity index (χ3v) is 6.67. The molecule has 0 unspecified atom stereocenters. The van der Waals surface area contributed by atoms with E-state index in [0.717, 1.165) is 21.3 Å². The van der Waals surface area contributed by atoms with Crippen LogP contribution >= 0.6 is 22.9 Å². The number of nitrogens with one attached hydrogen (secondary N) is 2. The van der Waals surface area contributed by atoms with E-state index in [1.807, 2.05) is 30.3 Å². The lowest BCUT2D eigenvalue weighted by Gasteiger charge is -2.29. The molecule has 3 aromatic rings. The van der Waals surface area contributed by atoms with E-state index in [4.69, 9.17) is 16.3 Å². The minimum absolute atomic E-state index is 0.227. The summed E-state index contributed by atoms with van der Waals surface area (Å²) in [5, 5.41) is 13.4. The van der Waals surface area contributed by atoms with E-state index in [-0.39, 0.29) is 31.1 Å². The predicted octanol–water partition coefficient (Wildman–Crippen LogP) is 3.09. The topological polar surface area (TPSA) is 94.7 Å². The summed E-state index contributed by atoms with van der Waals surface area (Å²) in [7, 11) is 0. The summed E-state index contributed by atoms with van der Waals surface area (Å²) in [5.74, 6) is -0.237. The van der Waals surface area contributed by atoms with Gasteiger partial charge in [-0.3, -0.25) is 9.69 Å². The van der Waals surface area contributed by atoms with Gasteiger partial charge in [-0.25, -0.2) is 4.79 Å². The van der Waals surface area contributed by atoms with Gasteiger partial charge in [0.1, 0.15) is 16.6 Å². The van der Waals surface area contributed by atoms with Crippen LogP contribution in [0.1, 0.15) is 27.7 Å². The van der Waals surface area contributed by atoms with E-state index in [2.05, 4.69) is 10.3 Å². The highest BCUT2D eigenvalue weighted by atomic mass is 35.5. The lowest BCUT2D eigenvalue weighted by atomic mass is 10.0. The second kappa shape index (κ2) is 7.05. The summed E-state index contributed by atoms with van der Waals surface area (Å²) < 4.78 is 5.90. The summed E-state index contributed by atoms with van der Waals surface area (Å²) >= 11 is 7.39. The first-order valence-corrected chi connectivity index (χ1v) is 10.5. The number of halogens is 1. The number of thiophene rings is 1. The first-order valence-electron chi connectivity index (χ1n) is 9.28. The number of cyclic esters (lactones) is 1. The van der Waals surface area contributed by atoms with Crippen molar-refractivity contribution in [3.8, 4) is 0 Å². The van der Waals surface area contributed by atoms with E-state index in [1.54, 1.807) is 11.0 Å². The number of aliphatic hydroxyl groups is 1. The quantitative estimate of drug-likeness (QED) is 0.591. The molecule has 2 aromatic heterocycles. The minimum Gasteiger partial charge on any atom is -0.442 e. The molecule has 0 radical (unpaired) electrons. The van der Waals surface area contributed by atoms with Crippen LogP contribution in [0.4, 0.5) is 4.79 Å². The maximum atomic E-state index is 12.9. The monoisotopic (exact) mass is 431 g/mol. The molecule has 7 nitrogen and oxygen atoms in total. The van der Waals surface area contributed by atoms with Gasteiger partial charge in [0.2, 0.25) is 0 Å². The first-order chi connectivity index (χ1) is 14.0. The molecule has 0 saturated carbocycles. The Bertz CT molecular complexity index is 1080. The number of H-pyrrole nitrogens is 1. The zero-order valence-electron chi connectivity index (χ0n) is 15.2. The number of aromatic nitrogens is 1. The summed E-state index contributed by atoms with van der Waals surface area (Å²) in [5.41, 5.74) is 2.53. The van der Waals surface area contributed by atoms with Crippen LogP contribution in [0.3, 0.4) is 0 Å². The number of nitrogens with zero attached hydrogens (tertiary/aromatic N) is 1. The van der Waals surface area contributed by atoms with Crippen LogP contribution in [0.25, 0.3) is 10.2 Å². The third-order valence-electron chi connectivity index (χ3n) is 5.48. The van der Waals surface area contributed by atoms with Crippen molar-refractivity contribution < 1.29 is 19.4 Å². The third kappa shape index (κ3) is 3.17. The van der Waals surface area contributed by atoms with Crippen LogP contribution in [-0.2, 0) is 11.2 Å². The summed E-state index contributed by atoms with van der Waals surface area (Å²) in [6, 6.07) is 10.8. The number of fused-ring (bicyclic) bond motifs is 2. The Labute approximate surface area is 175 Å². The van der Waals surface area contributed by atoms with Crippen LogP contribution in [0, 0.1) is 0 Å². The molecule has 1 fully saturated rings. The second-order valence-electron chi connectivity index (χ2n) is 7.29. The Morgan fingerprint density at radius 2 is 2.21 bits per heavy atom. The molecule has 5 rings (SSSR count). The van der Waals surface area contributed by atoms with Gasteiger partial charge in [-0.1, -0.05) is 35.9 Å². The smallest absolute Gasteiger partial charge is 0.410 e. The number of amides is 2. The molecular weight excluding hydrogens is 414 g/mol. The van der Waals surface area contributed by atoms with E-state index < -0.39 is 12.2 Å². The molecule has 3 N–H and O–H groups in total. The summed E-state index contributed by atoms with van der Waals surface area (Å²) in [6.45, 7) is 0.0623. The van der Waals surface area contributed by atoms with Gasteiger partial charge in [-0.15, -0.1) is 11.3 Å². The SMILES string of the molecule is O=C(N[C@@H]1Cc2ccccc2[C@H]1N1C[C@@H](CO)OC1=O)c1cc2cc(Cl)sc2[nH]1. The number of carbonyl (C=O) groups excluding carboxylic acids is 2. The Kier molecular flexibility index (Phi) is 4.49. The van der Waals surface area contributed by atoms with Crippen LogP contribution in [0.2, 0.25) is 4.34 Å². The fourth-order valence-electron chi connectivity index (χ4n) is 4.21. The van der Waals surface area contributed by atoms with Crippen molar-refractivity contribution in [1.82, 2.24) is 15.2 Å². The number of benzene rings is 1. The Balaban J connectivity index is 1.42. The highest BCUT2D eigenvalue weighted by molar-refractivity contribution is 7.22. The van der Waals surface area contributed by atoms with Crippen LogP contribution < -0.4 is 5.32 Å². The number of hydrogen-bond acceptors (Lipinski definition) is 5. The number of rotatable bonds is 4. The lowest BCUT2D eigenvalue weighted by molar-refractivity contribution is 0.0886. The molecule has 3 atom stereocenters. The summed E-state index contributed by atoms with van der Waals surface area (Å²) in [4.78, 5) is 30.9. The molecule has 2 aliphatic rings. The van der Waals surface area contributed by atoms with Gasteiger partial charge < -0.3 is 20.1 Å². The number of aromatic amines is 1. The van der Waals surface area contributed by atoms with Crippen molar-refractivity contribution in [2.45, 2.75) is 24.6 Å². The van der Waals surface area contributed by atoms with E-state index in [0.29, 0.717) is 16.5 Å². The standard InChI is InChI=1S/C20H18ClN3O4S/c21-16-7-11-6-15(23-19(11)29-16)18(26)22-14-5-10-3-1-2-4-13(10)17(14)24-8-12(9-25)28-20(24)27/h1-4,6-7,12,14,17,23,25H,5,8-9H2,(H,22,26)/t12-,14+,17+/m0/s1. The first kappa shape index (κ1) is 18.5. The van der Waals surface area contributed by atoms with Crippen LogP contribution in [-0.4, -0.2) is 52.3 Å². The lowest BCUT2D eigenvalue weighted by Crippen LogP contribution is -2.45. The molecule has 1 aromatic carbocycles. The van der Waals surface area contributed by atoms with Gasteiger partial charge in [0, 0.05) is 5.39 Å². The molecule has 0 spiro atoms. The zero-order chi connectivity index (χ0) is 20.1. The van der Waals surface area contributed by atoms with Crippen molar-refractivity contribution in [1.29, 1.82) is 0 Å². The molecule has 150 valence electrons. The maximum absolute atomic E-state index is 12.9. The maximum Gasteiger partial charge on any atom is 0.410 e. The number of ether oxygens (including phenoxy) is 1. The Hall–Kier alpha value is -2.55. The normalized spacial score (nSPS) is 23.4. The minimum atomic E-state index is -0.549. The van der Waals surface area contributed by atoms with Gasteiger partial charge >= 0.3 is 6.09 Å². The second-order valence-corrected chi connectivity index (χ2v) is 8.97. The van der Waals surface area contributed by atoms with Crippen molar-refractivity contribution in [2.24, 2.45) is 0 Å². The van der Waals surface area contributed by atoms with Gasteiger partial charge in [-0.05, 0) is 29.7 Å². The Morgan fingerprint density at radius 1 is 1.38 bits per heavy atom. The van der Waals surface area contributed by atoms with Crippen LogP contribution in [0.15, 0.2) is 36.4 Å². The van der Waals surface area contributed by atoms with E-state index in [9.17, 15) is 14.7 Å². The van der Waals surface area contributed by atoms with Crippen molar-refractivity contribution >= 4 is 45.2 Å².